The fourth-order valence-corrected chi connectivity index (χ4v) is 2.52. The van der Waals surface area contributed by atoms with Gasteiger partial charge < -0.3 is 10.8 Å². The topological polar surface area (TPSA) is 63.3 Å². The quantitative estimate of drug-likeness (QED) is 0.712. The van der Waals surface area contributed by atoms with Crippen molar-refractivity contribution in [3.8, 4) is 0 Å². The monoisotopic (exact) mass is 213 g/mol. The van der Waals surface area contributed by atoms with Crippen molar-refractivity contribution in [2.75, 3.05) is 0 Å². The van der Waals surface area contributed by atoms with Crippen molar-refractivity contribution in [2.24, 2.45) is 11.7 Å². The summed E-state index contributed by atoms with van der Waals surface area (Å²) >= 11 is 0. The molecule has 0 saturated heterocycles. The van der Waals surface area contributed by atoms with Crippen LogP contribution in [0.4, 0.5) is 0 Å². The molecule has 0 spiro atoms. The minimum Gasteiger partial charge on any atom is -0.480 e. The normalized spacial score (nSPS) is 21.5. The average Bonchev–Trinajstić information content (AvgIpc) is 2.67. The Hall–Kier alpha value is -0.570. The van der Waals surface area contributed by atoms with Crippen LogP contribution in [-0.4, -0.2) is 16.6 Å². The number of hydrogen-bond acceptors (Lipinski definition) is 2. The maximum atomic E-state index is 11.2. The van der Waals surface area contributed by atoms with Crippen LogP contribution in [0, 0.1) is 5.92 Å². The van der Waals surface area contributed by atoms with Crippen molar-refractivity contribution in [3.63, 3.8) is 0 Å². The van der Waals surface area contributed by atoms with E-state index in [-0.39, 0.29) is 0 Å². The Labute approximate surface area is 92.0 Å². The Bertz CT molecular complexity index is 212. The van der Waals surface area contributed by atoms with Crippen molar-refractivity contribution in [2.45, 2.75) is 63.8 Å². The summed E-state index contributed by atoms with van der Waals surface area (Å²) in [6.07, 6.45) is 8.03. The molecule has 0 radical (unpaired) electrons. The van der Waals surface area contributed by atoms with Gasteiger partial charge in [-0.25, -0.2) is 0 Å². The second-order valence-corrected chi connectivity index (χ2v) is 4.92. The molecule has 88 valence electrons. The number of carboxylic acid groups (broad SMARTS) is 1. The molecule has 0 bridgehead atoms. The predicted molar refractivity (Wildman–Crippen MR) is 60.7 cm³/mol. The van der Waals surface area contributed by atoms with E-state index in [4.69, 9.17) is 5.73 Å². The molecule has 0 aromatic rings. The van der Waals surface area contributed by atoms with Gasteiger partial charge >= 0.3 is 5.97 Å². The summed E-state index contributed by atoms with van der Waals surface area (Å²) in [7, 11) is 0. The zero-order valence-corrected chi connectivity index (χ0v) is 9.67. The van der Waals surface area contributed by atoms with E-state index < -0.39 is 11.5 Å². The Morgan fingerprint density at radius 1 is 1.47 bits per heavy atom. The highest BCUT2D eigenvalue weighted by molar-refractivity contribution is 5.78. The summed E-state index contributed by atoms with van der Waals surface area (Å²) in [5.41, 5.74) is 5.04. The van der Waals surface area contributed by atoms with Gasteiger partial charge in [0.1, 0.15) is 5.54 Å². The van der Waals surface area contributed by atoms with Crippen LogP contribution < -0.4 is 5.73 Å². The summed E-state index contributed by atoms with van der Waals surface area (Å²) in [6, 6.07) is 0. The molecule has 0 aliphatic heterocycles. The van der Waals surface area contributed by atoms with E-state index in [1.807, 2.05) is 0 Å². The minimum atomic E-state index is -0.967. The molecule has 0 aromatic heterocycles. The van der Waals surface area contributed by atoms with Crippen LogP contribution in [0.1, 0.15) is 58.3 Å². The third kappa shape index (κ3) is 3.49. The van der Waals surface area contributed by atoms with Gasteiger partial charge in [-0.3, -0.25) is 4.79 Å². The molecular formula is C12H23NO2. The Morgan fingerprint density at radius 2 is 2.07 bits per heavy atom. The highest BCUT2D eigenvalue weighted by Crippen LogP contribution is 2.33. The van der Waals surface area contributed by atoms with Crippen LogP contribution in [0.2, 0.25) is 0 Å². The Kier molecular flexibility index (Phi) is 4.58. The van der Waals surface area contributed by atoms with Crippen molar-refractivity contribution in [1.82, 2.24) is 0 Å². The van der Waals surface area contributed by atoms with Crippen molar-refractivity contribution >= 4 is 5.97 Å². The third-order valence-electron chi connectivity index (χ3n) is 3.53. The second kappa shape index (κ2) is 5.50. The van der Waals surface area contributed by atoms with Crippen molar-refractivity contribution < 1.29 is 9.90 Å². The molecule has 0 aromatic carbocycles. The highest BCUT2D eigenvalue weighted by Gasteiger charge is 2.36. The van der Waals surface area contributed by atoms with E-state index in [0.29, 0.717) is 18.8 Å². The average molecular weight is 213 g/mol. The van der Waals surface area contributed by atoms with E-state index in [0.717, 1.165) is 12.8 Å². The summed E-state index contributed by atoms with van der Waals surface area (Å²) < 4.78 is 0. The molecule has 1 fully saturated rings. The highest BCUT2D eigenvalue weighted by atomic mass is 16.4. The second-order valence-electron chi connectivity index (χ2n) is 4.92. The molecule has 3 heteroatoms. The number of rotatable bonds is 6. The molecule has 15 heavy (non-hydrogen) atoms. The van der Waals surface area contributed by atoms with Crippen LogP contribution in [0.5, 0.6) is 0 Å². The molecule has 3 N–H and O–H groups in total. The number of aliphatic carboxylic acids is 1. The van der Waals surface area contributed by atoms with Gasteiger partial charge in [0.25, 0.3) is 0 Å². The number of hydrogen-bond donors (Lipinski definition) is 2. The van der Waals surface area contributed by atoms with Crippen LogP contribution >= 0.6 is 0 Å². The molecular weight excluding hydrogens is 190 g/mol. The largest absolute Gasteiger partial charge is 0.480 e. The molecule has 1 rings (SSSR count). The zero-order chi connectivity index (χ0) is 11.3. The summed E-state index contributed by atoms with van der Waals surface area (Å²) in [5, 5.41) is 9.19. The lowest BCUT2D eigenvalue weighted by molar-refractivity contribution is -0.144. The van der Waals surface area contributed by atoms with Gasteiger partial charge in [-0.15, -0.1) is 0 Å². The first-order valence-corrected chi connectivity index (χ1v) is 6.11. The first-order valence-electron chi connectivity index (χ1n) is 6.11. The summed E-state index contributed by atoms with van der Waals surface area (Å²) in [5.74, 6) is -0.272. The molecule has 0 amide bonds. The number of unbranched alkanes of at least 4 members (excludes halogenated alkanes) is 1. The van der Waals surface area contributed by atoms with Gasteiger partial charge in [0, 0.05) is 0 Å². The van der Waals surface area contributed by atoms with E-state index in [2.05, 4.69) is 6.92 Å². The van der Waals surface area contributed by atoms with Crippen molar-refractivity contribution in [1.29, 1.82) is 0 Å². The molecule has 3 nitrogen and oxygen atoms in total. The van der Waals surface area contributed by atoms with Crippen LogP contribution in [0.15, 0.2) is 0 Å². The minimum absolute atomic E-state index is 0.544. The van der Waals surface area contributed by atoms with Crippen LogP contribution in [-0.2, 0) is 4.79 Å². The number of nitrogens with two attached hydrogens (primary N) is 1. The molecule has 1 aliphatic carbocycles. The maximum Gasteiger partial charge on any atom is 0.323 e. The summed E-state index contributed by atoms with van der Waals surface area (Å²) in [6.45, 7) is 2.07. The van der Waals surface area contributed by atoms with E-state index in [1.54, 1.807) is 0 Å². The predicted octanol–water partition coefficient (Wildman–Crippen LogP) is 2.54. The molecule has 1 aliphatic rings. The lowest BCUT2D eigenvalue weighted by Gasteiger charge is -2.27. The van der Waals surface area contributed by atoms with E-state index >= 15 is 0 Å². The van der Waals surface area contributed by atoms with Gasteiger partial charge in [-0.05, 0) is 18.8 Å². The van der Waals surface area contributed by atoms with E-state index in [9.17, 15) is 9.90 Å². The lowest BCUT2D eigenvalue weighted by atomic mass is 9.83. The van der Waals surface area contributed by atoms with E-state index in [1.165, 1.54) is 25.7 Å². The Balaban J connectivity index is 2.51. The molecule has 1 atom stereocenters. The Morgan fingerprint density at radius 3 is 2.53 bits per heavy atom. The standard InChI is InChI=1S/C12H23NO2/c1-2-3-8-12(13,11(14)15)9-10-6-4-5-7-10/h10H,2-9,13H2,1H3,(H,14,15). The summed E-state index contributed by atoms with van der Waals surface area (Å²) in [4.78, 5) is 11.2. The SMILES string of the molecule is CCCCC(N)(CC1CCCC1)C(=O)O. The van der Waals surface area contributed by atoms with Crippen LogP contribution in [0.3, 0.4) is 0 Å². The first kappa shape index (κ1) is 12.5. The van der Waals surface area contributed by atoms with Gasteiger partial charge in [-0.2, -0.15) is 0 Å². The molecule has 1 unspecified atom stereocenters. The van der Waals surface area contributed by atoms with Crippen LogP contribution in [0.25, 0.3) is 0 Å². The number of carbonyl (C=O) groups is 1. The zero-order valence-electron chi connectivity index (χ0n) is 9.67. The fraction of sp³-hybridized carbons (Fsp3) is 0.917. The smallest absolute Gasteiger partial charge is 0.323 e. The first-order chi connectivity index (χ1) is 7.08. The lowest BCUT2D eigenvalue weighted by Crippen LogP contribution is -2.49. The van der Waals surface area contributed by atoms with Gasteiger partial charge in [0.15, 0.2) is 0 Å². The molecule has 0 heterocycles. The molecule has 1 saturated carbocycles. The van der Waals surface area contributed by atoms with Crippen molar-refractivity contribution in [3.05, 3.63) is 0 Å². The fourth-order valence-electron chi connectivity index (χ4n) is 2.52. The van der Waals surface area contributed by atoms with Gasteiger partial charge in [0.05, 0.1) is 0 Å². The van der Waals surface area contributed by atoms with Gasteiger partial charge in [-0.1, -0.05) is 45.4 Å². The van der Waals surface area contributed by atoms with Gasteiger partial charge in [0.2, 0.25) is 0 Å². The third-order valence-corrected chi connectivity index (χ3v) is 3.53. The maximum absolute atomic E-state index is 11.2. The number of carboxylic acids is 1.